The van der Waals surface area contributed by atoms with E-state index in [2.05, 4.69) is 11.6 Å². The van der Waals surface area contributed by atoms with Crippen LogP contribution >= 0.6 is 0 Å². The molecule has 15 heavy (non-hydrogen) atoms. The van der Waals surface area contributed by atoms with E-state index in [1.807, 2.05) is 24.3 Å². The van der Waals surface area contributed by atoms with Crippen LogP contribution in [-0.4, -0.2) is 4.98 Å². The van der Waals surface area contributed by atoms with Crippen LogP contribution in [0.2, 0.25) is 0 Å². The number of hydrogen-bond donors (Lipinski definition) is 0. The molecule has 0 radical (unpaired) electrons. The Morgan fingerprint density at radius 3 is 2.60 bits per heavy atom. The average molecular weight is 203 g/mol. The molecule has 0 saturated heterocycles. The monoisotopic (exact) mass is 203 g/mol. The summed E-state index contributed by atoms with van der Waals surface area (Å²) >= 11 is 0. The molecule has 0 unspecified atom stereocenters. The van der Waals surface area contributed by atoms with Crippen LogP contribution in [0.5, 0.6) is 0 Å². The van der Waals surface area contributed by atoms with E-state index in [4.69, 9.17) is 4.42 Å². The summed E-state index contributed by atoms with van der Waals surface area (Å²) in [5, 5.41) is 0. The quantitative estimate of drug-likeness (QED) is 0.764. The molecule has 0 N–H and O–H groups in total. The van der Waals surface area contributed by atoms with Crippen LogP contribution in [0.3, 0.4) is 0 Å². The van der Waals surface area contributed by atoms with Crippen LogP contribution < -0.4 is 0 Å². The highest BCUT2D eigenvalue weighted by Gasteiger charge is 2.01. The van der Waals surface area contributed by atoms with Gasteiger partial charge in [-0.1, -0.05) is 30.8 Å². The summed E-state index contributed by atoms with van der Waals surface area (Å²) in [5.41, 5.74) is 1.83. The molecular weight excluding hydrogens is 193 g/mol. The van der Waals surface area contributed by atoms with Gasteiger partial charge in [-0.05, 0) is 5.56 Å². The van der Waals surface area contributed by atoms with Gasteiger partial charge in [0.05, 0.1) is 12.0 Å². The van der Waals surface area contributed by atoms with Gasteiger partial charge < -0.3 is 4.42 Å². The summed E-state index contributed by atoms with van der Waals surface area (Å²) in [4.78, 5) is 3.83. The molecule has 2 rings (SSSR count). The topological polar surface area (TPSA) is 26.0 Å². The molecular formula is C12H10FNO. The lowest BCUT2D eigenvalue weighted by molar-refractivity contribution is 0.572. The van der Waals surface area contributed by atoms with Crippen LogP contribution in [0.1, 0.15) is 5.56 Å². The van der Waals surface area contributed by atoms with Crippen LogP contribution in [-0.2, 0) is 6.42 Å². The zero-order valence-electron chi connectivity index (χ0n) is 8.11. The average Bonchev–Trinajstić information content (AvgIpc) is 2.71. The number of rotatable bonds is 3. The molecule has 0 saturated carbocycles. The van der Waals surface area contributed by atoms with E-state index in [1.54, 1.807) is 6.20 Å². The second-order valence-corrected chi connectivity index (χ2v) is 3.26. The molecule has 0 amide bonds. The molecule has 3 heteroatoms. The summed E-state index contributed by atoms with van der Waals surface area (Å²) < 4.78 is 17.7. The fourth-order valence-corrected chi connectivity index (χ4v) is 1.37. The van der Waals surface area contributed by atoms with Gasteiger partial charge in [0, 0.05) is 12.0 Å². The van der Waals surface area contributed by atoms with Gasteiger partial charge in [0.25, 0.3) is 0 Å². The fourth-order valence-electron chi connectivity index (χ4n) is 1.37. The number of aromatic nitrogens is 1. The van der Waals surface area contributed by atoms with Gasteiger partial charge in [0.1, 0.15) is 0 Å². The van der Waals surface area contributed by atoms with Crippen molar-refractivity contribution in [3.8, 4) is 11.3 Å². The van der Waals surface area contributed by atoms with Crippen LogP contribution in [0.15, 0.2) is 53.7 Å². The first-order valence-electron chi connectivity index (χ1n) is 4.57. The highest BCUT2D eigenvalue weighted by molar-refractivity contribution is 5.56. The van der Waals surface area contributed by atoms with E-state index in [1.165, 1.54) is 6.39 Å². The normalized spacial score (nSPS) is 10.2. The smallest absolute Gasteiger partial charge is 0.181 e. The first-order valence-corrected chi connectivity index (χ1v) is 4.57. The molecule has 0 spiro atoms. The lowest BCUT2D eigenvalue weighted by Crippen LogP contribution is -1.84. The summed E-state index contributed by atoms with van der Waals surface area (Å²) in [6.07, 6.45) is 3.28. The third kappa shape index (κ3) is 2.31. The zero-order valence-corrected chi connectivity index (χ0v) is 8.11. The van der Waals surface area contributed by atoms with Gasteiger partial charge in [-0.15, -0.1) is 0 Å². The number of halogens is 1. The van der Waals surface area contributed by atoms with Crippen molar-refractivity contribution in [2.45, 2.75) is 6.42 Å². The van der Waals surface area contributed by atoms with Crippen LogP contribution in [0, 0.1) is 0 Å². The first-order chi connectivity index (χ1) is 7.25. The lowest BCUT2D eigenvalue weighted by atomic mass is 10.1. The van der Waals surface area contributed by atoms with Crippen molar-refractivity contribution in [3.63, 3.8) is 0 Å². The van der Waals surface area contributed by atoms with Crippen molar-refractivity contribution in [3.05, 3.63) is 54.8 Å². The van der Waals surface area contributed by atoms with Gasteiger partial charge in [-0.2, -0.15) is 0 Å². The largest absolute Gasteiger partial charge is 0.444 e. The standard InChI is InChI=1S/C12H10FNO/c1-9(13)6-10-2-4-11(5-3-10)12-7-14-8-15-12/h2-5,7-8H,1,6H2. The minimum Gasteiger partial charge on any atom is -0.444 e. The van der Waals surface area contributed by atoms with Crippen molar-refractivity contribution in [2.75, 3.05) is 0 Å². The van der Waals surface area contributed by atoms with Crippen molar-refractivity contribution < 1.29 is 8.81 Å². The molecule has 1 aromatic heterocycles. The Morgan fingerprint density at radius 1 is 1.33 bits per heavy atom. The van der Waals surface area contributed by atoms with E-state index in [-0.39, 0.29) is 12.2 Å². The number of oxazole rings is 1. The minimum atomic E-state index is -0.331. The maximum Gasteiger partial charge on any atom is 0.181 e. The van der Waals surface area contributed by atoms with Gasteiger partial charge in [0.2, 0.25) is 0 Å². The first kappa shape index (κ1) is 9.65. The highest BCUT2D eigenvalue weighted by atomic mass is 19.1. The number of benzene rings is 1. The summed E-state index contributed by atoms with van der Waals surface area (Å²) in [7, 11) is 0. The minimum absolute atomic E-state index is 0.261. The fraction of sp³-hybridized carbons (Fsp3) is 0.0833. The SMILES string of the molecule is C=C(F)Cc1ccc(-c2cnco2)cc1. The number of allylic oxidation sites excluding steroid dienone is 1. The maximum absolute atomic E-state index is 12.5. The van der Waals surface area contributed by atoms with E-state index < -0.39 is 0 Å². The molecule has 2 nitrogen and oxygen atoms in total. The van der Waals surface area contributed by atoms with Crippen LogP contribution in [0.4, 0.5) is 4.39 Å². The van der Waals surface area contributed by atoms with Gasteiger partial charge in [-0.3, -0.25) is 0 Å². The van der Waals surface area contributed by atoms with Crippen molar-refractivity contribution in [1.29, 1.82) is 0 Å². The third-order valence-electron chi connectivity index (χ3n) is 2.07. The van der Waals surface area contributed by atoms with Gasteiger partial charge in [0.15, 0.2) is 12.2 Å². The molecule has 0 fully saturated rings. The second kappa shape index (κ2) is 4.09. The lowest BCUT2D eigenvalue weighted by Gasteiger charge is -1.99. The Labute approximate surface area is 87.1 Å². The Hall–Kier alpha value is -1.90. The molecule has 1 aromatic carbocycles. The van der Waals surface area contributed by atoms with E-state index in [0.29, 0.717) is 5.76 Å². The maximum atomic E-state index is 12.5. The van der Waals surface area contributed by atoms with Gasteiger partial charge >= 0.3 is 0 Å². The zero-order chi connectivity index (χ0) is 10.7. The summed E-state index contributed by atoms with van der Waals surface area (Å²) in [5.74, 6) is 0.378. The van der Waals surface area contributed by atoms with E-state index in [0.717, 1.165) is 11.1 Å². The Balaban J connectivity index is 2.21. The molecule has 0 atom stereocenters. The molecule has 2 aromatic rings. The Bertz CT molecular complexity index is 445. The van der Waals surface area contributed by atoms with Crippen molar-refractivity contribution in [2.24, 2.45) is 0 Å². The van der Waals surface area contributed by atoms with E-state index in [9.17, 15) is 4.39 Å². The summed E-state index contributed by atoms with van der Waals surface area (Å²) in [6, 6.07) is 7.45. The molecule has 0 bridgehead atoms. The highest BCUT2D eigenvalue weighted by Crippen LogP contribution is 2.19. The second-order valence-electron chi connectivity index (χ2n) is 3.26. The number of nitrogens with zero attached hydrogens (tertiary/aromatic N) is 1. The molecule has 0 aliphatic carbocycles. The summed E-state index contributed by atoms with van der Waals surface area (Å²) in [6.45, 7) is 3.23. The molecule has 1 heterocycles. The van der Waals surface area contributed by atoms with Crippen LogP contribution in [0.25, 0.3) is 11.3 Å². The Morgan fingerprint density at radius 2 is 2.07 bits per heavy atom. The Kier molecular flexibility index (Phi) is 2.63. The van der Waals surface area contributed by atoms with Crippen molar-refractivity contribution in [1.82, 2.24) is 4.98 Å². The predicted octanol–water partition coefficient (Wildman–Crippen LogP) is 3.37. The molecule has 76 valence electrons. The molecule has 0 aliphatic rings. The third-order valence-corrected chi connectivity index (χ3v) is 2.07. The van der Waals surface area contributed by atoms with E-state index >= 15 is 0 Å². The van der Waals surface area contributed by atoms with Crippen molar-refractivity contribution >= 4 is 0 Å². The number of hydrogen-bond acceptors (Lipinski definition) is 2. The predicted molar refractivity (Wildman–Crippen MR) is 55.9 cm³/mol. The van der Waals surface area contributed by atoms with Gasteiger partial charge in [-0.25, -0.2) is 9.37 Å². The molecule has 0 aliphatic heterocycles.